The Morgan fingerprint density at radius 3 is 2.68 bits per heavy atom. The monoisotopic (exact) mass is 467 g/mol. The van der Waals surface area contributed by atoms with Crippen molar-refractivity contribution in [3.8, 4) is 0 Å². The van der Waals surface area contributed by atoms with Gasteiger partial charge in [0.1, 0.15) is 0 Å². The van der Waals surface area contributed by atoms with Gasteiger partial charge in [0, 0.05) is 10.6 Å². The maximum Gasteiger partial charge on any atom is 0.229 e. The van der Waals surface area contributed by atoms with Crippen LogP contribution in [0.3, 0.4) is 0 Å². The Bertz CT molecular complexity index is 1520. The Balaban J connectivity index is 1.69. The lowest BCUT2D eigenvalue weighted by atomic mass is 10.2. The van der Waals surface area contributed by atoms with Crippen LogP contribution in [0.2, 0.25) is 0 Å². The van der Waals surface area contributed by atoms with E-state index in [1.165, 1.54) is 15.9 Å². The van der Waals surface area contributed by atoms with Crippen molar-refractivity contribution in [3.05, 3.63) is 65.5 Å². The average molecular weight is 468 g/mol. The highest BCUT2D eigenvalue weighted by molar-refractivity contribution is 7.98. The zero-order valence-corrected chi connectivity index (χ0v) is 19.1. The second-order valence-electron chi connectivity index (χ2n) is 6.90. The molecule has 3 heterocycles. The number of nitrogens with zero attached hydrogens (tertiary/aromatic N) is 4. The molecule has 3 aromatic heterocycles. The molecule has 0 unspecified atom stereocenters. The quantitative estimate of drug-likeness (QED) is 0.366. The second kappa shape index (κ2) is 7.63. The number of benzene rings is 2. The molecule has 31 heavy (non-hydrogen) atoms. The number of anilines is 2. The number of fused-ring (bicyclic) bond motifs is 3. The fourth-order valence-electron chi connectivity index (χ4n) is 3.25. The molecule has 1 N–H and O–H groups in total. The zero-order chi connectivity index (χ0) is 21.6. The first-order chi connectivity index (χ1) is 15.0. The molecule has 0 aliphatic rings. The summed E-state index contributed by atoms with van der Waals surface area (Å²) in [4.78, 5) is 5.92. The summed E-state index contributed by atoms with van der Waals surface area (Å²) in [6.45, 7) is 1.91. The predicted octanol–water partition coefficient (Wildman–Crippen LogP) is 4.95. The zero-order valence-electron chi connectivity index (χ0n) is 16.6. The van der Waals surface area contributed by atoms with Gasteiger partial charge in [-0.05, 0) is 55.0 Å². The summed E-state index contributed by atoms with van der Waals surface area (Å²) in [6, 6.07) is 16.5. The molecule has 0 fully saturated rings. The summed E-state index contributed by atoms with van der Waals surface area (Å²) in [5.41, 5.74) is 2.78. The lowest BCUT2D eigenvalue weighted by Gasteiger charge is -2.09. The van der Waals surface area contributed by atoms with E-state index < -0.39 is 9.84 Å². The molecule has 0 aliphatic heterocycles. The van der Waals surface area contributed by atoms with Crippen LogP contribution in [-0.4, -0.2) is 34.5 Å². The van der Waals surface area contributed by atoms with Gasteiger partial charge >= 0.3 is 0 Å². The Hall–Kier alpha value is -2.95. The maximum atomic E-state index is 13.3. The van der Waals surface area contributed by atoms with E-state index in [9.17, 15) is 8.42 Å². The summed E-state index contributed by atoms with van der Waals surface area (Å²) in [7, 11) is -3.88. The first-order valence-corrected chi connectivity index (χ1v) is 12.9. The van der Waals surface area contributed by atoms with Crippen molar-refractivity contribution in [2.75, 3.05) is 11.6 Å². The van der Waals surface area contributed by atoms with Crippen molar-refractivity contribution >= 4 is 60.3 Å². The van der Waals surface area contributed by atoms with Gasteiger partial charge in [-0.25, -0.2) is 13.4 Å². The highest BCUT2D eigenvalue weighted by Gasteiger charge is 2.27. The van der Waals surface area contributed by atoms with Crippen LogP contribution in [0, 0.1) is 6.92 Å². The molecule has 10 heteroatoms. The van der Waals surface area contributed by atoms with Crippen LogP contribution in [0.1, 0.15) is 5.56 Å². The van der Waals surface area contributed by atoms with E-state index in [0.29, 0.717) is 5.82 Å². The minimum Gasteiger partial charge on any atom is -0.339 e. The van der Waals surface area contributed by atoms with Crippen LogP contribution in [0.5, 0.6) is 0 Å². The number of aryl methyl sites for hydroxylation is 1. The molecule has 0 radical (unpaired) electrons. The van der Waals surface area contributed by atoms with Crippen LogP contribution in [0.15, 0.2) is 74.8 Å². The van der Waals surface area contributed by atoms with Crippen molar-refractivity contribution in [1.29, 1.82) is 0 Å². The molecular formula is C21H17N5O2S3. The lowest BCUT2D eigenvalue weighted by molar-refractivity contribution is 0.592. The summed E-state index contributed by atoms with van der Waals surface area (Å²) >= 11 is 3.15. The number of hydrogen-bond acceptors (Lipinski definition) is 8. The molecule has 5 rings (SSSR count). The number of hydrogen-bond donors (Lipinski definition) is 1. The van der Waals surface area contributed by atoms with Gasteiger partial charge in [-0.1, -0.05) is 29.0 Å². The van der Waals surface area contributed by atoms with E-state index in [-0.39, 0.29) is 15.6 Å². The van der Waals surface area contributed by atoms with Crippen molar-refractivity contribution in [2.45, 2.75) is 21.7 Å². The maximum absolute atomic E-state index is 13.3. The molecule has 0 saturated heterocycles. The van der Waals surface area contributed by atoms with Crippen LogP contribution in [0.25, 0.3) is 15.9 Å². The van der Waals surface area contributed by atoms with Gasteiger partial charge in [0.15, 0.2) is 11.5 Å². The predicted molar refractivity (Wildman–Crippen MR) is 124 cm³/mol. The third-order valence-electron chi connectivity index (χ3n) is 4.84. The van der Waals surface area contributed by atoms with Gasteiger partial charge in [0.05, 0.1) is 15.1 Å². The third-order valence-corrected chi connectivity index (χ3v) is 8.14. The smallest absolute Gasteiger partial charge is 0.229 e. The third kappa shape index (κ3) is 3.46. The molecule has 0 aliphatic carbocycles. The Morgan fingerprint density at radius 2 is 1.90 bits per heavy atom. The van der Waals surface area contributed by atoms with E-state index in [0.717, 1.165) is 26.4 Å². The largest absolute Gasteiger partial charge is 0.339 e. The van der Waals surface area contributed by atoms with Crippen molar-refractivity contribution < 1.29 is 8.42 Å². The average Bonchev–Trinajstić information content (AvgIpc) is 3.41. The second-order valence-corrected chi connectivity index (χ2v) is 10.6. The minimum atomic E-state index is -3.88. The number of thioether (sulfide) groups is 1. The molecule has 0 bridgehead atoms. The Labute approximate surface area is 187 Å². The molecule has 2 aromatic carbocycles. The topological polar surface area (TPSA) is 89.2 Å². The van der Waals surface area contributed by atoms with Crippen molar-refractivity contribution in [3.63, 3.8) is 0 Å². The molecule has 0 atom stereocenters. The SMILES string of the molecule is CSc1cccc(Nc2nc3c(S(=O)(=O)c4ccc(C)cc4)nnn3c3ccsc23)c1. The fourth-order valence-corrected chi connectivity index (χ4v) is 5.76. The molecule has 0 spiro atoms. The van der Waals surface area contributed by atoms with E-state index in [4.69, 9.17) is 0 Å². The number of sulfone groups is 1. The normalized spacial score (nSPS) is 11.9. The summed E-state index contributed by atoms with van der Waals surface area (Å²) < 4.78 is 28.9. The lowest BCUT2D eigenvalue weighted by Crippen LogP contribution is -2.05. The van der Waals surface area contributed by atoms with Crippen LogP contribution in [0.4, 0.5) is 11.5 Å². The molecular weight excluding hydrogens is 450 g/mol. The summed E-state index contributed by atoms with van der Waals surface area (Å²) in [5, 5.41) is 13.2. The van der Waals surface area contributed by atoms with E-state index in [2.05, 4.69) is 20.6 Å². The summed E-state index contributed by atoms with van der Waals surface area (Å²) in [5.74, 6) is 0.568. The highest BCUT2D eigenvalue weighted by atomic mass is 32.2. The van der Waals surface area contributed by atoms with E-state index >= 15 is 0 Å². The number of thiophene rings is 1. The van der Waals surface area contributed by atoms with Crippen LogP contribution in [-0.2, 0) is 9.84 Å². The number of rotatable bonds is 5. The van der Waals surface area contributed by atoms with Crippen LogP contribution < -0.4 is 5.32 Å². The van der Waals surface area contributed by atoms with Gasteiger partial charge in [0.25, 0.3) is 0 Å². The van der Waals surface area contributed by atoms with Gasteiger partial charge in [-0.2, -0.15) is 4.52 Å². The van der Waals surface area contributed by atoms with Crippen molar-refractivity contribution in [1.82, 2.24) is 19.8 Å². The van der Waals surface area contributed by atoms with Crippen molar-refractivity contribution in [2.24, 2.45) is 0 Å². The first kappa shape index (κ1) is 20.0. The molecule has 0 saturated carbocycles. The molecule has 5 aromatic rings. The van der Waals surface area contributed by atoms with Crippen LogP contribution >= 0.6 is 23.1 Å². The summed E-state index contributed by atoms with van der Waals surface area (Å²) in [6.07, 6.45) is 2.01. The van der Waals surface area contributed by atoms with Gasteiger partial charge in [-0.3, -0.25) is 0 Å². The van der Waals surface area contributed by atoms with E-state index in [1.807, 2.05) is 48.9 Å². The van der Waals surface area contributed by atoms with E-state index in [1.54, 1.807) is 36.0 Å². The minimum absolute atomic E-state index is 0.162. The van der Waals surface area contributed by atoms with Gasteiger partial charge in [-0.15, -0.1) is 28.2 Å². The van der Waals surface area contributed by atoms with Gasteiger partial charge in [0.2, 0.25) is 14.9 Å². The highest BCUT2D eigenvalue weighted by Crippen LogP contribution is 2.33. The molecule has 156 valence electrons. The Morgan fingerprint density at radius 1 is 1.10 bits per heavy atom. The standard InChI is InChI=1S/C21H17N5O2S3/c1-13-6-8-16(9-7-13)31(27,28)21-20-23-19(22-14-4-3-5-15(12-14)29-2)18-17(10-11-30-18)26(20)25-24-21/h3-12H,1-2H3,(H,22,23). The number of nitrogens with one attached hydrogen (secondary N) is 1. The number of aromatic nitrogens is 4. The van der Waals surface area contributed by atoms with Gasteiger partial charge < -0.3 is 5.32 Å². The molecule has 7 nitrogen and oxygen atoms in total. The fraction of sp³-hybridized carbons (Fsp3) is 0.0952. The Kier molecular flexibility index (Phi) is 4.92. The molecule has 0 amide bonds. The first-order valence-electron chi connectivity index (χ1n) is 9.33.